The van der Waals surface area contributed by atoms with Crippen LogP contribution in [0.2, 0.25) is 5.02 Å². The molecule has 1 atom stereocenters. The summed E-state index contributed by atoms with van der Waals surface area (Å²) in [5.74, 6) is 0.688. The Hall–Kier alpha value is -2.43. The first-order chi connectivity index (χ1) is 15.7. The molecule has 174 valence electrons. The average molecular weight is 482 g/mol. The molecule has 0 heterocycles. The summed E-state index contributed by atoms with van der Waals surface area (Å²) < 4.78 is 0. The van der Waals surface area contributed by atoms with Crippen LogP contribution in [0.4, 0.5) is 11.4 Å². The molecule has 0 aliphatic carbocycles. The minimum atomic E-state index is -0.962. The molecule has 0 fully saturated rings. The van der Waals surface area contributed by atoms with Crippen LogP contribution in [0.1, 0.15) is 44.5 Å². The number of carboxylic acid groups (broad SMARTS) is 1. The number of anilines is 2. The van der Waals surface area contributed by atoms with E-state index in [0.717, 1.165) is 40.4 Å². The summed E-state index contributed by atoms with van der Waals surface area (Å²) in [6.45, 7) is 9.96. The van der Waals surface area contributed by atoms with Gasteiger partial charge in [0.05, 0.1) is 16.3 Å². The van der Waals surface area contributed by atoms with E-state index in [9.17, 15) is 9.90 Å². The van der Waals surface area contributed by atoms with Gasteiger partial charge in [-0.3, -0.25) is 0 Å². The third kappa shape index (κ3) is 6.33. The van der Waals surface area contributed by atoms with E-state index in [1.807, 2.05) is 36.4 Å². The Morgan fingerprint density at radius 2 is 1.70 bits per heavy atom. The standard InChI is InChI=1S/C28H32ClNO2S/c1-18(2)13-22(19(3)4)17-30(23-11-6-5-7-12-23)26-16-25(29)24(15-27(26)33)20-9-8-10-21(14-20)28(31)32/h5-12,14-16,18-19,22,33H,13,17H2,1-4H3,(H,31,32). The molecular formula is C28H32ClNO2S. The molecule has 0 radical (unpaired) electrons. The minimum absolute atomic E-state index is 0.229. The molecule has 0 aliphatic heterocycles. The summed E-state index contributed by atoms with van der Waals surface area (Å²) in [5.41, 5.74) is 3.80. The fraction of sp³-hybridized carbons (Fsp3) is 0.321. The Bertz CT molecular complexity index is 1100. The SMILES string of the molecule is CC(C)CC(CN(c1ccccc1)c1cc(Cl)c(-c2cccc(C(=O)O)c2)cc1S)C(C)C. The van der Waals surface area contributed by atoms with Crippen molar-refractivity contribution in [1.82, 2.24) is 0 Å². The highest BCUT2D eigenvalue weighted by molar-refractivity contribution is 7.80. The first-order valence-electron chi connectivity index (χ1n) is 11.4. The van der Waals surface area contributed by atoms with Crippen molar-refractivity contribution in [3.05, 3.63) is 77.3 Å². The smallest absolute Gasteiger partial charge is 0.335 e. The first-order valence-corrected chi connectivity index (χ1v) is 12.2. The van der Waals surface area contributed by atoms with Crippen molar-refractivity contribution >= 4 is 41.6 Å². The van der Waals surface area contributed by atoms with Gasteiger partial charge < -0.3 is 10.0 Å². The number of hydrogen-bond acceptors (Lipinski definition) is 3. The van der Waals surface area contributed by atoms with Crippen LogP contribution in [0.15, 0.2) is 71.6 Å². The molecule has 0 saturated heterocycles. The molecule has 0 bridgehead atoms. The van der Waals surface area contributed by atoms with Gasteiger partial charge in [0.1, 0.15) is 0 Å². The number of benzene rings is 3. The van der Waals surface area contributed by atoms with E-state index in [2.05, 4.69) is 44.7 Å². The molecule has 0 saturated carbocycles. The molecule has 1 unspecified atom stereocenters. The summed E-state index contributed by atoms with van der Waals surface area (Å²) in [7, 11) is 0. The van der Waals surface area contributed by atoms with Gasteiger partial charge in [0.2, 0.25) is 0 Å². The van der Waals surface area contributed by atoms with Crippen molar-refractivity contribution < 1.29 is 9.90 Å². The number of aromatic carboxylic acids is 1. The number of para-hydroxylation sites is 1. The number of carboxylic acids is 1. The summed E-state index contributed by atoms with van der Waals surface area (Å²) in [6.07, 6.45) is 1.14. The normalized spacial score (nSPS) is 12.2. The van der Waals surface area contributed by atoms with Crippen LogP contribution in [0, 0.1) is 17.8 Å². The molecule has 0 amide bonds. The Morgan fingerprint density at radius 1 is 1.00 bits per heavy atom. The second kappa shape index (κ2) is 11.1. The molecule has 1 N–H and O–H groups in total. The summed E-state index contributed by atoms with van der Waals surface area (Å²) in [5, 5.41) is 9.93. The van der Waals surface area contributed by atoms with Crippen LogP contribution in [-0.4, -0.2) is 17.6 Å². The van der Waals surface area contributed by atoms with E-state index < -0.39 is 5.97 Å². The molecule has 3 nitrogen and oxygen atoms in total. The van der Waals surface area contributed by atoms with Crippen molar-refractivity contribution in [3.8, 4) is 11.1 Å². The van der Waals surface area contributed by atoms with Crippen LogP contribution < -0.4 is 4.90 Å². The van der Waals surface area contributed by atoms with Gasteiger partial charge in [-0.1, -0.05) is 69.6 Å². The van der Waals surface area contributed by atoms with Gasteiger partial charge in [0, 0.05) is 22.7 Å². The van der Waals surface area contributed by atoms with Gasteiger partial charge in [-0.2, -0.15) is 0 Å². The Labute approximate surface area is 207 Å². The molecular weight excluding hydrogens is 450 g/mol. The number of halogens is 1. The fourth-order valence-corrected chi connectivity index (χ4v) is 4.74. The molecule has 33 heavy (non-hydrogen) atoms. The predicted octanol–water partition coefficient (Wildman–Crippen LogP) is 8.45. The summed E-state index contributed by atoms with van der Waals surface area (Å²) in [4.78, 5) is 14.5. The number of hydrogen-bond donors (Lipinski definition) is 2. The topological polar surface area (TPSA) is 40.5 Å². The lowest BCUT2D eigenvalue weighted by Gasteiger charge is -2.33. The highest BCUT2D eigenvalue weighted by Crippen LogP contribution is 2.40. The van der Waals surface area contributed by atoms with Crippen molar-refractivity contribution in [1.29, 1.82) is 0 Å². The molecule has 3 rings (SSSR count). The van der Waals surface area contributed by atoms with Crippen LogP contribution in [0.25, 0.3) is 11.1 Å². The Morgan fingerprint density at radius 3 is 2.30 bits per heavy atom. The van der Waals surface area contributed by atoms with Crippen molar-refractivity contribution in [2.75, 3.05) is 11.4 Å². The van der Waals surface area contributed by atoms with Crippen LogP contribution in [0.5, 0.6) is 0 Å². The van der Waals surface area contributed by atoms with Crippen molar-refractivity contribution in [2.45, 2.75) is 39.0 Å². The maximum Gasteiger partial charge on any atom is 0.335 e. The number of thiol groups is 1. The zero-order chi connectivity index (χ0) is 24.1. The lowest BCUT2D eigenvalue weighted by molar-refractivity contribution is 0.0697. The molecule has 5 heteroatoms. The van der Waals surface area contributed by atoms with Crippen molar-refractivity contribution in [3.63, 3.8) is 0 Å². The van der Waals surface area contributed by atoms with Crippen molar-refractivity contribution in [2.24, 2.45) is 17.8 Å². The van der Waals surface area contributed by atoms with Crippen LogP contribution in [-0.2, 0) is 0 Å². The van der Waals surface area contributed by atoms with E-state index in [1.54, 1.807) is 18.2 Å². The van der Waals surface area contributed by atoms with E-state index in [0.29, 0.717) is 22.8 Å². The van der Waals surface area contributed by atoms with Crippen LogP contribution in [0.3, 0.4) is 0 Å². The number of carbonyl (C=O) groups is 1. The summed E-state index contributed by atoms with van der Waals surface area (Å²) >= 11 is 11.6. The van der Waals surface area contributed by atoms with E-state index in [-0.39, 0.29) is 5.56 Å². The van der Waals surface area contributed by atoms with Gasteiger partial charge in [0.15, 0.2) is 0 Å². The maximum absolute atomic E-state index is 11.4. The largest absolute Gasteiger partial charge is 0.478 e. The highest BCUT2D eigenvalue weighted by atomic mass is 35.5. The van der Waals surface area contributed by atoms with Gasteiger partial charge in [0.25, 0.3) is 0 Å². The first kappa shape index (κ1) is 25.2. The quantitative estimate of drug-likeness (QED) is 0.301. The van der Waals surface area contributed by atoms with Gasteiger partial charge in [-0.05, 0) is 66.1 Å². The second-order valence-electron chi connectivity index (χ2n) is 9.29. The molecule has 0 aliphatic rings. The average Bonchev–Trinajstić information content (AvgIpc) is 2.78. The maximum atomic E-state index is 11.4. The molecule has 3 aromatic rings. The van der Waals surface area contributed by atoms with Gasteiger partial charge in [-0.15, -0.1) is 12.6 Å². The Kier molecular flexibility index (Phi) is 8.50. The predicted molar refractivity (Wildman–Crippen MR) is 142 cm³/mol. The highest BCUT2D eigenvalue weighted by Gasteiger charge is 2.23. The van der Waals surface area contributed by atoms with Gasteiger partial charge in [-0.25, -0.2) is 4.79 Å². The molecule has 0 spiro atoms. The number of nitrogens with zero attached hydrogens (tertiary/aromatic N) is 1. The Balaban J connectivity index is 2.07. The fourth-order valence-electron chi connectivity index (χ4n) is 4.16. The van der Waals surface area contributed by atoms with Crippen LogP contribution >= 0.6 is 24.2 Å². The van der Waals surface area contributed by atoms with E-state index >= 15 is 0 Å². The molecule has 0 aromatic heterocycles. The van der Waals surface area contributed by atoms with Gasteiger partial charge >= 0.3 is 5.97 Å². The zero-order valence-corrected chi connectivity index (χ0v) is 21.3. The lowest BCUT2D eigenvalue weighted by Crippen LogP contribution is -2.29. The second-order valence-corrected chi connectivity index (χ2v) is 10.2. The monoisotopic (exact) mass is 481 g/mol. The minimum Gasteiger partial charge on any atom is -0.478 e. The molecule has 3 aromatic carbocycles. The third-order valence-electron chi connectivity index (χ3n) is 5.98. The van der Waals surface area contributed by atoms with E-state index in [1.165, 1.54) is 0 Å². The third-order valence-corrected chi connectivity index (χ3v) is 6.65. The van der Waals surface area contributed by atoms with E-state index in [4.69, 9.17) is 24.2 Å². The zero-order valence-electron chi connectivity index (χ0n) is 19.6. The lowest BCUT2D eigenvalue weighted by atomic mass is 9.87. The number of rotatable bonds is 9. The summed E-state index contributed by atoms with van der Waals surface area (Å²) in [6, 6.07) is 21.0.